The van der Waals surface area contributed by atoms with Crippen LogP contribution in [0.1, 0.15) is 5.56 Å². The van der Waals surface area contributed by atoms with Crippen LogP contribution in [-0.4, -0.2) is 11.8 Å². The highest BCUT2D eigenvalue weighted by Crippen LogP contribution is 2.40. The van der Waals surface area contributed by atoms with E-state index in [1.807, 2.05) is 30.3 Å². The molecule has 0 amide bonds. The predicted octanol–water partition coefficient (Wildman–Crippen LogP) is 6.87. The van der Waals surface area contributed by atoms with E-state index in [-0.39, 0.29) is 23.0 Å². The fourth-order valence-electron chi connectivity index (χ4n) is 3.23. The van der Waals surface area contributed by atoms with E-state index in [2.05, 4.69) is 6.72 Å². The van der Waals surface area contributed by atoms with Crippen LogP contribution in [0.15, 0.2) is 89.3 Å². The standard InChI is InChI=1S/C24H16F3NO2/c1-28(20-15-17(11-12-21(20)29)16-7-3-2-4-8-16)23-14-13-22(30-23)18-9-5-6-10-19(18)24(25,26)27/h2-15H,1H2/p+1. The Kier molecular flexibility index (Phi) is 4.91. The second kappa shape index (κ2) is 7.55. The Morgan fingerprint density at radius 3 is 2.23 bits per heavy atom. The zero-order valence-electron chi connectivity index (χ0n) is 15.7. The number of benzene rings is 3. The van der Waals surface area contributed by atoms with Gasteiger partial charge in [-0.2, -0.15) is 13.2 Å². The van der Waals surface area contributed by atoms with Crippen molar-refractivity contribution in [3.8, 4) is 28.2 Å². The van der Waals surface area contributed by atoms with Crippen molar-refractivity contribution < 1.29 is 22.7 Å². The average molecular weight is 408 g/mol. The van der Waals surface area contributed by atoms with Crippen LogP contribution >= 0.6 is 0 Å². The van der Waals surface area contributed by atoms with Crippen LogP contribution in [0.25, 0.3) is 22.5 Å². The maximum atomic E-state index is 13.3. The first-order valence-electron chi connectivity index (χ1n) is 9.10. The van der Waals surface area contributed by atoms with Crippen molar-refractivity contribution in [1.29, 1.82) is 0 Å². The van der Waals surface area contributed by atoms with Gasteiger partial charge >= 0.3 is 12.1 Å². The van der Waals surface area contributed by atoms with Gasteiger partial charge in [0.1, 0.15) is 12.5 Å². The zero-order chi connectivity index (χ0) is 21.3. The second-order valence-electron chi connectivity index (χ2n) is 6.68. The largest absolute Gasteiger partial charge is 0.502 e. The summed E-state index contributed by atoms with van der Waals surface area (Å²) >= 11 is 0. The summed E-state index contributed by atoms with van der Waals surface area (Å²) in [6.07, 6.45) is -4.50. The van der Waals surface area contributed by atoms with Gasteiger partial charge in [0.2, 0.25) is 0 Å². The summed E-state index contributed by atoms with van der Waals surface area (Å²) in [5.41, 5.74) is 1.32. The number of rotatable bonds is 4. The van der Waals surface area contributed by atoms with Crippen molar-refractivity contribution in [1.82, 2.24) is 4.58 Å². The van der Waals surface area contributed by atoms with Gasteiger partial charge in [0.05, 0.1) is 11.6 Å². The summed E-state index contributed by atoms with van der Waals surface area (Å²) in [5, 5.41) is 10.3. The number of phenols is 1. The number of furan rings is 1. The lowest BCUT2D eigenvalue weighted by Crippen LogP contribution is -2.06. The van der Waals surface area contributed by atoms with Crippen molar-refractivity contribution in [3.63, 3.8) is 0 Å². The second-order valence-corrected chi connectivity index (χ2v) is 6.68. The molecule has 0 unspecified atom stereocenters. The van der Waals surface area contributed by atoms with Crippen LogP contribution in [0.2, 0.25) is 0 Å². The van der Waals surface area contributed by atoms with E-state index < -0.39 is 11.7 Å². The van der Waals surface area contributed by atoms with Gasteiger partial charge in [-0.3, -0.25) is 0 Å². The normalized spacial score (nSPS) is 11.4. The summed E-state index contributed by atoms with van der Waals surface area (Å²) in [5.74, 6) is 0.228. The van der Waals surface area contributed by atoms with Crippen molar-refractivity contribution in [2.45, 2.75) is 6.18 Å². The smallest absolute Gasteiger partial charge is 0.417 e. The van der Waals surface area contributed by atoms with Gasteiger partial charge in [0.15, 0.2) is 5.75 Å². The number of hydrogen-bond donors (Lipinski definition) is 1. The minimum absolute atomic E-state index is 0.0293. The Balaban J connectivity index is 1.71. The van der Waals surface area contributed by atoms with Gasteiger partial charge in [-0.05, 0) is 29.3 Å². The molecule has 3 nitrogen and oxygen atoms in total. The molecule has 0 bridgehead atoms. The number of alkyl halides is 3. The molecule has 150 valence electrons. The molecule has 0 aliphatic heterocycles. The third-order valence-corrected chi connectivity index (χ3v) is 4.73. The molecule has 3 aromatic carbocycles. The summed E-state index contributed by atoms with van der Waals surface area (Å²) in [4.78, 5) is 0. The summed E-state index contributed by atoms with van der Waals surface area (Å²) < 4.78 is 47.0. The molecule has 0 aliphatic rings. The molecule has 0 saturated carbocycles. The molecule has 6 heteroatoms. The molecule has 0 aliphatic carbocycles. The lowest BCUT2D eigenvalue weighted by atomic mass is 10.0. The Hall–Kier alpha value is -3.80. The monoisotopic (exact) mass is 408 g/mol. The first-order chi connectivity index (χ1) is 14.3. The highest BCUT2D eigenvalue weighted by Gasteiger charge is 2.34. The van der Waals surface area contributed by atoms with Crippen molar-refractivity contribution in [2.24, 2.45) is 0 Å². The lowest BCUT2D eigenvalue weighted by molar-refractivity contribution is -0.137. The average Bonchev–Trinajstić information content (AvgIpc) is 3.24. The van der Waals surface area contributed by atoms with Crippen LogP contribution in [-0.2, 0) is 6.18 Å². The molecule has 0 fully saturated rings. The minimum Gasteiger partial charge on any atom is -0.502 e. The molecule has 4 rings (SSSR count). The first-order valence-corrected chi connectivity index (χ1v) is 9.10. The van der Waals surface area contributed by atoms with Gasteiger partial charge in [-0.1, -0.05) is 54.6 Å². The molecule has 4 aromatic rings. The van der Waals surface area contributed by atoms with E-state index in [0.717, 1.165) is 17.2 Å². The molecule has 0 atom stereocenters. The maximum absolute atomic E-state index is 13.3. The molecule has 1 aromatic heterocycles. The highest BCUT2D eigenvalue weighted by atomic mass is 19.4. The number of phenolic OH excluding ortho intramolecular Hbond substituents is 1. The Bertz CT molecular complexity index is 1210. The van der Waals surface area contributed by atoms with Gasteiger partial charge in [-0.15, -0.1) is 4.58 Å². The first kappa shape index (κ1) is 19.5. The third kappa shape index (κ3) is 3.72. The van der Waals surface area contributed by atoms with E-state index in [9.17, 15) is 18.3 Å². The van der Waals surface area contributed by atoms with Crippen LogP contribution in [0, 0.1) is 0 Å². The Morgan fingerprint density at radius 1 is 0.800 bits per heavy atom. The third-order valence-electron chi connectivity index (χ3n) is 4.73. The molecule has 0 spiro atoms. The summed E-state index contributed by atoms with van der Waals surface area (Å²) in [7, 11) is 0. The van der Waals surface area contributed by atoms with Crippen LogP contribution in [0.3, 0.4) is 0 Å². The van der Waals surface area contributed by atoms with Crippen molar-refractivity contribution in [3.05, 3.63) is 90.5 Å². The lowest BCUT2D eigenvalue weighted by Gasteiger charge is -2.10. The molecule has 1 N–H and O–H groups in total. The van der Waals surface area contributed by atoms with Gasteiger partial charge in [0, 0.05) is 11.6 Å². The molecular weight excluding hydrogens is 391 g/mol. The Morgan fingerprint density at radius 2 is 1.50 bits per heavy atom. The quantitative estimate of drug-likeness (QED) is 0.295. The zero-order valence-corrected chi connectivity index (χ0v) is 15.7. The van der Waals surface area contributed by atoms with Crippen LogP contribution in [0.5, 0.6) is 5.75 Å². The van der Waals surface area contributed by atoms with Crippen molar-refractivity contribution in [2.75, 3.05) is 0 Å². The predicted molar refractivity (Wildman–Crippen MR) is 111 cm³/mol. The summed E-state index contributed by atoms with van der Waals surface area (Å²) in [6.45, 7) is 3.91. The number of aromatic hydroxyl groups is 1. The molecule has 1 heterocycles. The topological polar surface area (TPSA) is 36.4 Å². The molecular formula is C24H17F3NO2+. The summed E-state index contributed by atoms with van der Waals surface area (Å²) in [6, 6.07) is 22.8. The van der Waals surface area contributed by atoms with Gasteiger partial charge in [0.25, 0.3) is 5.69 Å². The van der Waals surface area contributed by atoms with E-state index in [4.69, 9.17) is 4.42 Å². The number of hydrogen-bond acceptors (Lipinski definition) is 2. The fourth-order valence-corrected chi connectivity index (χ4v) is 3.23. The number of nitrogens with zero attached hydrogens (tertiary/aromatic N) is 1. The molecule has 30 heavy (non-hydrogen) atoms. The van der Waals surface area contributed by atoms with Crippen LogP contribution in [0.4, 0.5) is 24.7 Å². The van der Waals surface area contributed by atoms with Gasteiger partial charge < -0.3 is 9.52 Å². The van der Waals surface area contributed by atoms with Crippen LogP contribution < -0.4 is 4.58 Å². The van der Waals surface area contributed by atoms with E-state index in [1.165, 1.54) is 34.9 Å². The van der Waals surface area contributed by atoms with Crippen molar-refractivity contribution >= 4 is 18.3 Å². The SMILES string of the molecule is C=[N+](c1ccc(-c2ccccc2C(F)(F)F)o1)c1cc(-c2ccccc2)ccc1O. The van der Waals surface area contributed by atoms with E-state index in [1.54, 1.807) is 18.2 Å². The number of halogens is 3. The Labute approximate surface area is 171 Å². The van der Waals surface area contributed by atoms with E-state index in [0.29, 0.717) is 5.69 Å². The molecule has 0 radical (unpaired) electrons. The highest BCUT2D eigenvalue weighted by molar-refractivity contribution is 5.74. The fraction of sp³-hybridized carbons (Fsp3) is 0.0417. The maximum Gasteiger partial charge on any atom is 0.417 e. The van der Waals surface area contributed by atoms with E-state index >= 15 is 0 Å². The minimum atomic E-state index is -4.50. The molecule has 0 saturated heterocycles. The van der Waals surface area contributed by atoms with Gasteiger partial charge in [-0.25, -0.2) is 0 Å².